The largest absolute Gasteiger partial charge is 0.297 e. The van der Waals surface area contributed by atoms with Crippen molar-refractivity contribution in [3.05, 3.63) is 0 Å². The lowest BCUT2D eigenvalue weighted by atomic mass is 9.81. The Balaban J connectivity index is 4.99. The Labute approximate surface area is 101 Å². The molecule has 0 saturated heterocycles. The third kappa shape index (κ3) is 3.07. The normalized spacial score (nSPS) is 15.5. The predicted molar refractivity (Wildman–Crippen MR) is 70.7 cm³/mol. The summed E-state index contributed by atoms with van der Waals surface area (Å²) in [5, 5.41) is 0. The second-order valence-electron chi connectivity index (χ2n) is 4.68. The van der Waals surface area contributed by atoms with Crippen LogP contribution in [-0.2, 0) is 4.79 Å². The minimum absolute atomic E-state index is 0.227. The molecule has 0 bridgehead atoms. The molecule has 0 fully saturated rings. The number of carbonyl (C=O) groups is 1. The van der Waals surface area contributed by atoms with E-state index in [-0.39, 0.29) is 11.5 Å². The van der Waals surface area contributed by atoms with E-state index in [0.717, 1.165) is 32.4 Å². The van der Waals surface area contributed by atoms with Crippen LogP contribution in [0.25, 0.3) is 0 Å². The monoisotopic (exact) mass is 227 g/mol. The quantitative estimate of drug-likeness (QED) is 0.632. The van der Waals surface area contributed by atoms with Gasteiger partial charge < -0.3 is 0 Å². The predicted octanol–water partition coefficient (Wildman–Crippen LogP) is 3.50. The van der Waals surface area contributed by atoms with Crippen molar-refractivity contribution >= 4 is 5.78 Å². The number of hydrogen-bond acceptors (Lipinski definition) is 2. The molecule has 1 unspecified atom stereocenters. The first-order chi connectivity index (χ1) is 7.51. The van der Waals surface area contributed by atoms with Crippen LogP contribution in [0, 0.1) is 5.92 Å². The Morgan fingerprint density at radius 2 is 1.50 bits per heavy atom. The zero-order valence-electron chi connectivity index (χ0n) is 12.0. The fourth-order valence-corrected chi connectivity index (χ4v) is 2.57. The Hall–Kier alpha value is -0.370. The molecule has 0 amide bonds. The van der Waals surface area contributed by atoms with Gasteiger partial charge in [-0.05, 0) is 39.3 Å². The molecule has 0 heterocycles. The van der Waals surface area contributed by atoms with Gasteiger partial charge >= 0.3 is 0 Å². The molecule has 0 saturated carbocycles. The first-order valence-electron chi connectivity index (χ1n) is 6.80. The number of likely N-dealkylation sites (N-methyl/N-ethyl adjacent to an activating group) is 1. The Morgan fingerprint density at radius 3 is 1.75 bits per heavy atom. The molecule has 0 aliphatic rings. The molecule has 2 nitrogen and oxygen atoms in total. The Kier molecular flexibility index (Phi) is 6.89. The summed E-state index contributed by atoms with van der Waals surface area (Å²) >= 11 is 0. The van der Waals surface area contributed by atoms with Crippen molar-refractivity contribution < 1.29 is 4.79 Å². The van der Waals surface area contributed by atoms with E-state index < -0.39 is 0 Å². The van der Waals surface area contributed by atoms with Gasteiger partial charge in [0.25, 0.3) is 0 Å². The van der Waals surface area contributed by atoms with Crippen molar-refractivity contribution in [3.8, 4) is 0 Å². The van der Waals surface area contributed by atoms with Crippen molar-refractivity contribution in [2.75, 3.05) is 13.1 Å². The highest BCUT2D eigenvalue weighted by Crippen LogP contribution is 2.26. The van der Waals surface area contributed by atoms with Crippen LogP contribution >= 0.6 is 0 Å². The van der Waals surface area contributed by atoms with Crippen molar-refractivity contribution in [1.82, 2.24) is 4.90 Å². The molecular weight excluding hydrogens is 198 g/mol. The summed E-state index contributed by atoms with van der Waals surface area (Å²) in [5.74, 6) is 0.661. The van der Waals surface area contributed by atoms with Gasteiger partial charge in [-0.15, -0.1) is 0 Å². The Morgan fingerprint density at radius 1 is 1.06 bits per heavy atom. The lowest BCUT2D eigenvalue weighted by Crippen LogP contribution is -2.54. The number of nitrogens with zero attached hydrogens (tertiary/aromatic N) is 1. The summed E-state index contributed by atoms with van der Waals surface area (Å²) in [4.78, 5) is 14.9. The van der Waals surface area contributed by atoms with Crippen LogP contribution in [0.5, 0.6) is 0 Å². The van der Waals surface area contributed by atoms with Gasteiger partial charge in [0.05, 0.1) is 5.54 Å². The molecule has 0 radical (unpaired) electrons. The van der Waals surface area contributed by atoms with Gasteiger partial charge in [-0.25, -0.2) is 0 Å². The molecule has 0 spiro atoms. The van der Waals surface area contributed by atoms with E-state index in [9.17, 15) is 4.79 Å². The van der Waals surface area contributed by atoms with Crippen molar-refractivity contribution in [3.63, 3.8) is 0 Å². The van der Waals surface area contributed by atoms with Crippen LogP contribution < -0.4 is 0 Å². The topological polar surface area (TPSA) is 20.3 Å². The standard InChI is InChI=1S/C14H29NO/c1-7-12(8-2)13(16)14(6,9-3)15(10-4)11-5/h12H,7-11H2,1-6H3. The molecule has 0 aromatic rings. The summed E-state index contributed by atoms with van der Waals surface area (Å²) < 4.78 is 0. The molecule has 0 N–H and O–H groups in total. The van der Waals surface area contributed by atoms with Gasteiger partial charge in [-0.2, -0.15) is 0 Å². The zero-order valence-corrected chi connectivity index (χ0v) is 12.0. The van der Waals surface area contributed by atoms with E-state index in [1.54, 1.807) is 0 Å². The van der Waals surface area contributed by atoms with Crippen LogP contribution in [0.15, 0.2) is 0 Å². The maximum absolute atomic E-state index is 12.6. The highest BCUT2D eigenvalue weighted by atomic mass is 16.1. The zero-order chi connectivity index (χ0) is 12.8. The summed E-state index contributed by atoms with van der Waals surface area (Å²) in [5.41, 5.74) is -0.264. The molecular formula is C14H29NO. The maximum atomic E-state index is 12.6. The van der Waals surface area contributed by atoms with Gasteiger partial charge in [0.15, 0.2) is 5.78 Å². The van der Waals surface area contributed by atoms with Gasteiger partial charge in [0, 0.05) is 5.92 Å². The highest BCUT2D eigenvalue weighted by molar-refractivity contribution is 5.90. The van der Waals surface area contributed by atoms with E-state index >= 15 is 0 Å². The van der Waals surface area contributed by atoms with Crippen LogP contribution in [-0.4, -0.2) is 29.3 Å². The number of ketones is 1. The van der Waals surface area contributed by atoms with Gasteiger partial charge in [-0.3, -0.25) is 9.69 Å². The molecule has 0 aliphatic carbocycles. The molecule has 0 aromatic heterocycles. The first-order valence-corrected chi connectivity index (χ1v) is 6.80. The summed E-state index contributed by atoms with van der Waals surface area (Å²) in [7, 11) is 0. The van der Waals surface area contributed by atoms with Gasteiger partial charge in [0.2, 0.25) is 0 Å². The number of rotatable bonds is 8. The summed E-state index contributed by atoms with van der Waals surface area (Å²) in [6, 6.07) is 0. The van der Waals surface area contributed by atoms with E-state index in [4.69, 9.17) is 0 Å². The molecule has 1 atom stereocenters. The fraction of sp³-hybridized carbons (Fsp3) is 0.929. The van der Waals surface area contributed by atoms with Crippen molar-refractivity contribution in [1.29, 1.82) is 0 Å². The van der Waals surface area contributed by atoms with Crippen molar-refractivity contribution in [2.24, 2.45) is 5.92 Å². The second-order valence-corrected chi connectivity index (χ2v) is 4.68. The van der Waals surface area contributed by atoms with Crippen LogP contribution in [0.4, 0.5) is 0 Å². The smallest absolute Gasteiger partial charge is 0.155 e. The molecule has 96 valence electrons. The van der Waals surface area contributed by atoms with Gasteiger partial charge in [-0.1, -0.05) is 34.6 Å². The van der Waals surface area contributed by atoms with E-state index in [1.807, 2.05) is 0 Å². The van der Waals surface area contributed by atoms with Gasteiger partial charge in [0.1, 0.15) is 0 Å². The second kappa shape index (κ2) is 7.05. The van der Waals surface area contributed by atoms with Crippen LogP contribution in [0.2, 0.25) is 0 Å². The molecule has 0 aromatic carbocycles. The highest BCUT2D eigenvalue weighted by Gasteiger charge is 2.38. The summed E-state index contributed by atoms with van der Waals surface area (Å²) in [6.45, 7) is 14.6. The third-order valence-electron chi connectivity index (χ3n) is 4.04. The average molecular weight is 227 g/mol. The third-order valence-corrected chi connectivity index (χ3v) is 4.04. The average Bonchev–Trinajstić information content (AvgIpc) is 2.31. The van der Waals surface area contributed by atoms with Crippen LogP contribution in [0.1, 0.15) is 60.8 Å². The van der Waals surface area contributed by atoms with Crippen molar-refractivity contribution in [2.45, 2.75) is 66.3 Å². The molecule has 2 heteroatoms. The molecule has 0 rings (SSSR count). The number of hydrogen-bond donors (Lipinski definition) is 0. The fourth-order valence-electron chi connectivity index (χ4n) is 2.57. The lowest BCUT2D eigenvalue weighted by Gasteiger charge is -2.40. The van der Waals surface area contributed by atoms with E-state index in [2.05, 4.69) is 46.4 Å². The summed E-state index contributed by atoms with van der Waals surface area (Å²) in [6.07, 6.45) is 2.84. The minimum Gasteiger partial charge on any atom is -0.297 e. The Bertz CT molecular complexity index is 207. The van der Waals surface area contributed by atoms with E-state index in [0.29, 0.717) is 5.78 Å². The molecule has 16 heavy (non-hydrogen) atoms. The number of Topliss-reactive ketones (excluding diaryl/α,β-unsaturated/α-hetero) is 1. The minimum atomic E-state index is -0.264. The first kappa shape index (κ1) is 15.6. The SMILES string of the molecule is CCC(CC)C(=O)C(C)(CC)N(CC)CC. The number of carbonyl (C=O) groups excluding carboxylic acids is 1. The van der Waals surface area contributed by atoms with Crippen LogP contribution in [0.3, 0.4) is 0 Å². The maximum Gasteiger partial charge on any atom is 0.155 e. The lowest BCUT2D eigenvalue weighted by molar-refractivity contribution is -0.135. The van der Waals surface area contributed by atoms with E-state index in [1.165, 1.54) is 0 Å². The molecule has 0 aliphatic heterocycles.